The van der Waals surface area contributed by atoms with Gasteiger partial charge < -0.3 is 10.1 Å². The first-order valence-electron chi connectivity index (χ1n) is 12.6. The van der Waals surface area contributed by atoms with E-state index in [1.807, 2.05) is 30.5 Å². The number of nitrogens with one attached hydrogen (secondary N) is 2. The van der Waals surface area contributed by atoms with Crippen LogP contribution in [0.3, 0.4) is 0 Å². The van der Waals surface area contributed by atoms with Crippen LogP contribution < -0.4 is 10.0 Å². The van der Waals surface area contributed by atoms with Crippen molar-refractivity contribution < 1.29 is 17.9 Å². The molecule has 4 aromatic rings. The van der Waals surface area contributed by atoms with E-state index >= 15 is 0 Å². The van der Waals surface area contributed by atoms with Crippen molar-refractivity contribution in [1.82, 2.24) is 24.1 Å². The third-order valence-corrected chi connectivity index (χ3v) is 8.67. The first-order chi connectivity index (χ1) is 18.0. The van der Waals surface area contributed by atoms with Crippen molar-refractivity contribution in [1.29, 1.82) is 0 Å². The molecule has 2 N–H and O–H groups in total. The zero-order valence-corrected chi connectivity index (χ0v) is 20.9. The van der Waals surface area contributed by atoms with Gasteiger partial charge in [-0.2, -0.15) is 18.6 Å². The molecule has 1 aliphatic heterocycles. The number of anilines is 1. The third kappa shape index (κ3) is 3.98. The van der Waals surface area contributed by atoms with Gasteiger partial charge in [-0.3, -0.25) is 4.68 Å². The van der Waals surface area contributed by atoms with Gasteiger partial charge in [0, 0.05) is 29.6 Å². The van der Waals surface area contributed by atoms with Gasteiger partial charge in [-0.1, -0.05) is 18.2 Å². The van der Waals surface area contributed by atoms with E-state index < -0.39 is 16.1 Å². The SMILES string of the molecule is O=C(Nc1c(-c2ccc3ccnn3c2)ccc2c1CCC2)NS(=O)(=O)c1cc2n(n1)CCOC2C1CC1. The van der Waals surface area contributed by atoms with E-state index in [1.54, 1.807) is 15.4 Å². The lowest BCUT2D eigenvalue weighted by Crippen LogP contribution is -2.35. The highest BCUT2D eigenvalue weighted by molar-refractivity contribution is 7.90. The summed E-state index contributed by atoms with van der Waals surface area (Å²) in [6.45, 7) is 0.982. The van der Waals surface area contributed by atoms with Gasteiger partial charge >= 0.3 is 6.03 Å². The van der Waals surface area contributed by atoms with Gasteiger partial charge in [0.15, 0.2) is 5.03 Å². The summed E-state index contributed by atoms with van der Waals surface area (Å²) in [6.07, 6.45) is 8.34. The quantitative estimate of drug-likeness (QED) is 0.416. The normalized spacial score (nSPS) is 19.0. The summed E-state index contributed by atoms with van der Waals surface area (Å²) in [5.41, 5.74) is 6.22. The fourth-order valence-electron chi connectivity index (χ4n) is 5.51. The number of ether oxygens (including phenoxy) is 1. The zero-order chi connectivity index (χ0) is 25.1. The smallest absolute Gasteiger partial charge is 0.333 e. The molecule has 1 saturated carbocycles. The Bertz CT molecular complexity index is 1650. The molecule has 3 aromatic heterocycles. The lowest BCUT2D eigenvalue weighted by Gasteiger charge is -2.23. The Morgan fingerprint density at radius 3 is 2.86 bits per heavy atom. The number of urea groups is 1. The van der Waals surface area contributed by atoms with Gasteiger partial charge in [-0.05, 0) is 61.3 Å². The molecule has 1 fully saturated rings. The van der Waals surface area contributed by atoms with Crippen LogP contribution in [0.2, 0.25) is 0 Å². The molecule has 37 heavy (non-hydrogen) atoms. The number of pyridine rings is 1. The minimum Gasteiger partial charge on any atom is -0.370 e. The fraction of sp³-hybridized carbons (Fsp3) is 0.346. The van der Waals surface area contributed by atoms with Crippen LogP contribution in [0.15, 0.2) is 53.8 Å². The predicted molar refractivity (Wildman–Crippen MR) is 136 cm³/mol. The molecule has 0 saturated heterocycles. The van der Waals surface area contributed by atoms with Crippen molar-refractivity contribution in [2.24, 2.45) is 5.92 Å². The molecule has 11 heteroatoms. The molecular weight excluding hydrogens is 492 g/mol. The van der Waals surface area contributed by atoms with Crippen LogP contribution in [0.25, 0.3) is 16.6 Å². The van der Waals surface area contributed by atoms with Crippen LogP contribution in [0.5, 0.6) is 0 Å². The maximum Gasteiger partial charge on any atom is 0.333 e. The monoisotopic (exact) mass is 518 g/mol. The minimum absolute atomic E-state index is 0.138. The van der Waals surface area contributed by atoms with Gasteiger partial charge in [-0.25, -0.2) is 14.0 Å². The Hall–Kier alpha value is -3.70. The van der Waals surface area contributed by atoms with Crippen molar-refractivity contribution in [2.75, 3.05) is 11.9 Å². The Kier molecular flexibility index (Phi) is 5.12. The van der Waals surface area contributed by atoms with Gasteiger partial charge in [0.05, 0.1) is 30.0 Å². The van der Waals surface area contributed by atoms with Crippen molar-refractivity contribution in [3.05, 3.63) is 65.6 Å². The molecule has 2 aliphatic carbocycles. The number of hydrogen-bond acceptors (Lipinski definition) is 6. The standard InChI is InChI=1S/C26H26N6O4S/c33-26(30-37(34,35)23-14-22-25(17-4-5-17)36-13-12-31(22)29-23)28-24-20-3-1-2-16(20)7-9-21(24)18-6-8-19-10-11-27-32(19)15-18/h6-11,14-15,17,25H,1-5,12-13H2,(H2,28,30,33). The first kappa shape index (κ1) is 22.5. The number of aryl methyl sites for hydroxylation is 1. The third-order valence-electron chi connectivity index (χ3n) is 7.46. The maximum absolute atomic E-state index is 13.1. The highest BCUT2D eigenvalue weighted by Gasteiger charge is 2.38. The summed E-state index contributed by atoms with van der Waals surface area (Å²) in [4.78, 5) is 13.1. The van der Waals surface area contributed by atoms with Crippen LogP contribution in [0.4, 0.5) is 10.5 Å². The lowest BCUT2D eigenvalue weighted by molar-refractivity contribution is 0.00273. The van der Waals surface area contributed by atoms with Crippen molar-refractivity contribution in [3.8, 4) is 11.1 Å². The van der Waals surface area contributed by atoms with E-state index in [1.165, 1.54) is 6.07 Å². The molecule has 10 nitrogen and oxygen atoms in total. The summed E-state index contributed by atoms with van der Waals surface area (Å²) in [5, 5.41) is 11.3. The van der Waals surface area contributed by atoms with E-state index in [9.17, 15) is 13.2 Å². The van der Waals surface area contributed by atoms with Crippen LogP contribution in [-0.2, 0) is 34.1 Å². The van der Waals surface area contributed by atoms with E-state index in [2.05, 4.69) is 26.3 Å². The number of carbonyl (C=O) groups is 1. The second-order valence-corrected chi connectivity index (χ2v) is 11.5. The predicted octanol–water partition coefficient (Wildman–Crippen LogP) is 3.68. The average molecular weight is 519 g/mol. The van der Waals surface area contributed by atoms with Crippen LogP contribution in [-0.4, -0.2) is 40.5 Å². The number of aromatic nitrogens is 4. The highest BCUT2D eigenvalue weighted by atomic mass is 32.2. The van der Waals surface area contributed by atoms with Gasteiger partial charge in [0.25, 0.3) is 10.0 Å². The topological polar surface area (TPSA) is 120 Å². The van der Waals surface area contributed by atoms with Crippen molar-refractivity contribution >= 4 is 27.3 Å². The van der Waals surface area contributed by atoms with Gasteiger partial charge in [0.1, 0.15) is 6.10 Å². The lowest BCUT2D eigenvalue weighted by atomic mass is 9.98. The van der Waals surface area contributed by atoms with Gasteiger partial charge in [-0.15, -0.1) is 0 Å². The van der Waals surface area contributed by atoms with E-state index in [4.69, 9.17) is 4.74 Å². The molecule has 0 spiro atoms. The van der Waals surface area contributed by atoms with Gasteiger partial charge in [0.2, 0.25) is 0 Å². The number of sulfonamides is 1. The van der Waals surface area contributed by atoms with Crippen LogP contribution in [0.1, 0.15) is 42.2 Å². The molecular formula is C26H26N6O4S. The molecule has 4 heterocycles. The Morgan fingerprint density at radius 2 is 2.00 bits per heavy atom. The summed E-state index contributed by atoms with van der Waals surface area (Å²) in [6, 6.07) is 10.6. The molecule has 1 unspecified atom stereocenters. The average Bonchev–Trinajstić information content (AvgIpc) is 3.26. The Morgan fingerprint density at radius 1 is 1.11 bits per heavy atom. The molecule has 3 aliphatic rings. The number of rotatable bonds is 5. The summed E-state index contributed by atoms with van der Waals surface area (Å²) in [5.74, 6) is 0.405. The van der Waals surface area contributed by atoms with E-state index in [0.29, 0.717) is 24.8 Å². The first-order valence-corrected chi connectivity index (χ1v) is 14.1. The van der Waals surface area contributed by atoms with Crippen LogP contribution >= 0.6 is 0 Å². The number of carbonyl (C=O) groups excluding carboxylic acids is 1. The van der Waals surface area contributed by atoms with E-state index in [-0.39, 0.29) is 11.1 Å². The number of hydrogen-bond donors (Lipinski definition) is 2. The Balaban J connectivity index is 1.18. The molecule has 190 valence electrons. The molecule has 2 amide bonds. The number of benzene rings is 1. The van der Waals surface area contributed by atoms with E-state index in [0.717, 1.165) is 65.6 Å². The highest BCUT2D eigenvalue weighted by Crippen LogP contribution is 2.45. The minimum atomic E-state index is -4.18. The molecule has 0 bridgehead atoms. The number of fused-ring (bicyclic) bond motifs is 3. The molecule has 7 rings (SSSR count). The second kappa shape index (κ2) is 8.42. The molecule has 0 radical (unpaired) electrons. The zero-order valence-electron chi connectivity index (χ0n) is 20.1. The fourth-order valence-corrected chi connectivity index (χ4v) is 6.39. The summed E-state index contributed by atoms with van der Waals surface area (Å²) >= 11 is 0. The number of nitrogens with zero attached hydrogens (tertiary/aromatic N) is 4. The number of amides is 2. The Labute approximate surface area is 213 Å². The molecule has 1 atom stereocenters. The summed E-state index contributed by atoms with van der Waals surface area (Å²) in [7, 11) is -4.18. The largest absolute Gasteiger partial charge is 0.370 e. The molecule has 1 aromatic carbocycles. The van der Waals surface area contributed by atoms with Crippen LogP contribution in [0, 0.1) is 5.92 Å². The van der Waals surface area contributed by atoms with Crippen molar-refractivity contribution in [3.63, 3.8) is 0 Å². The van der Waals surface area contributed by atoms with Crippen molar-refractivity contribution in [2.45, 2.75) is 49.8 Å². The maximum atomic E-state index is 13.1. The summed E-state index contributed by atoms with van der Waals surface area (Å²) < 4.78 is 37.8. The second-order valence-electron chi connectivity index (χ2n) is 9.92.